The SMILES string of the molecule is CCCCCCCCCCCCCCCCCOC(=O)CC(CC(=O)OCCCCCCCCCCCCCCCCC)(OC(C)=O)C(=O)OCCCCCCCCCCCCCCCCC. The van der Waals surface area contributed by atoms with Gasteiger partial charge >= 0.3 is 23.9 Å². The van der Waals surface area contributed by atoms with Crippen molar-refractivity contribution in [2.45, 2.75) is 335 Å². The minimum atomic E-state index is -2.13. The Kier molecular flexibility index (Phi) is 50.1. The molecule has 0 atom stereocenters. The second-order valence-corrected chi connectivity index (χ2v) is 20.4. The van der Waals surface area contributed by atoms with Crippen molar-refractivity contribution >= 4 is 23.9 Å². The van der Waals surface area contributed by atoms with Crippen LogP contribution in [0.2, 0.25) is 0 Å². The van der Waals surface area contributed by atoms with E-state index in [-0.39, 0.29) is 19.8 Å². The van der Waals surface area contributed by atoms with Crippen molar-refractivity contribution in [2.24, 2.45) is 0 Å². The lowest BCUT2D eigenvalue weighted by molar-refractivity contribution is -0.190. The largest absolute Gasteiger partial charge is 0.466 e. The Morgan fingerprint density at radius 2 is 0.478 bits per heavy atom. The van der Waals surface area contributed by atoms with E-state index in [0.29, 0.717) is 6.42 Å². The van der Waals surface area contributed by atoms with Crippen molar-refractivity contribution in [1.82, 2.24) is 0 Å². The molecule has 0 amide bonds. The fourth-order valence-electron chi connectivity index (χ4n) is 9.25. The van der Waals surface area contributed by atoms with Crippen LogP contribution in [0.3, 0.4) is 0 Å². The third kappa shape index (κ3) is 46.1. The first-order chi connectivity index (χ1) is 32.8. The van der Waals surface area contributed by atoms with Crippen molar-refractivity contribution in [3.8, 4) is 0 Å². The van der Waals surface area contributed by atoms with Gasteiger partial charge in [-0.3, -0.25) is 14.4 Å². The van der Waals surface area contributed by atoms with Gasteiger partial charge in [0.05, 0.1) is 32.7 Å². The molecule has 0 heterocycles. The first-order valence-electron chi connectivity index (χ1n) is 29.5. The second-order valence-electron chi connectivity index (χ2n) is 20.4. The fourth-order valence-corrected chi connectivity index (χ4v) is 9.25. The Bertz CT molecular complexity index is 1040. The van der Waals surface area contributed by atoms with Gasteiger partial charge in [-0.2, -0.15) is 0 Å². The maximum atomic E-state index is 13.8. The maximum absolute atomic E-state index is 13.8. The van der Waals surface area contributed by atoms with Gasteiger partial charge in [0.25, 0.3) is 0 Å². The molecule has 8 heteroatoms. The van der Waals surface area contributed by atoms with Crippen LogP contribution in [-0.2, 0) is 38.1 Å². The molecule has 0 aliphatic heterocycles. The summed E-state index contributed by atoms with van der Waals surface area (Å²) < 4.78 is 22.4. The predicted molar refractivity (Wildman–Crippen MR) is 281 cm³/mol. The van der Waals surface area contributed by atoms with Crippen LogP contribution in [0.25, 0.3) is 0 Å². The summed E-state index contributed by atoms with van der Waals surface area (Å²) in [7, 11) is 0. The van der Waals surface area contributed by atoms with Gasteiger partial charge in [-0.25, -0.2) is 4.79 Å². The third-order valence-electron chi connectivity index (χ3n) is 13.6. The molecule has 0 radical (unpaired) electrons. The highest BCUT2D eigenvalue weighted by molar-refractivity contribution is 5.92. The van der Waals surface area contributed by atoms with E-state index in [9.17, 15) is 19.2 Å². The summed E-state index contributed by atoms with van der Waals surface area (Å²) in [6.07, 6.45) is 54.5. The molecular weight excluding hydrogens is 837 g/mol. The topological polar surface area (TPSA) is 105 Å². The number of carbonyl (C=O) groups excluding carboxylic acids is 4. The van der Waals surface area contributed by atoms with Gasteiger partial charge in [-0.05, 0) is 19.3 Å². The van der Waals surface area contributed by atoms with Crippen molar-refractivity contribution in [3.05, 3.63) is 0 Å². The zero-order chi connectivity index (χ0) is 49.0. The molecule has 67 heavy (non-hydrogen) atoms. The average Bonchev–Trinajstić information content (AvgIpc) is 3.30. The van der Waals surface area contributed by atoms with Crippen molar-refractivity contribution in [2.75, 3.05) is 19.8 Å². The molecule has 0 aromatic carbocycles. The Balaban J connectivity index is 4.77. The Hall–Kier alpha value is -2.12. The zero-order valence-corrected chi connectivity index (χ0v) is 45.1. The van der Waals surface area contributed by atoms with Crippen LogP contribution < -0.4 is 0 Å². The van der Waals surface area contributed by atoms with Crippen molar-refractivity contribution < 1.29 is 38.1 Å². The van der Waals surface area contributed by atoms with Crippen LogP contribution in [0.1, 0.15) is 329 Å². The Morgan fingerprint density at radius 1 is 0.284 bits per heavy atom. The molecule has 0 saturated carbocycles. The lowest BCUT2D eigenvalue weighted by Gasteiger charge is -2.29. The summed E-state index contributed by atoms with van der Waals surface area (Å²) in [4.78, 5) is 52.7. The molecule has 0 bridgehead atoms. The first kappa shape index (κ1) is 64.9. The number of carbonyl (C=O) groups is 4. The van der Waals surface area contributed by atoms with E-state index in [1.807, 2.05) is 0 Å². The molecule has 0 aliphatic rings. The predicted octanol–water partition coefficient (Wildman–Crippen LogP) is 18.3. The number of hydrogen-bond donors (Lipinski definition) is 0. The fraction of sp³-hybridized carbons (Fsp3) is 0.932. The smallest absolute Gasteiger partial charge is 0.351 e. The number of unbranched alkanes of at least 4 members (excludes halogenated alkanes) is 42. The van der Waals surface area contributed by atoms with E-state index in [1.54, 1.807) is 0 Å². The third-order valence-corrected chi connectivity index (χ3v) is 13.6. The Morgan fingerprint density at radius 3 is 0.687 bits per heavy atom. The summed E-state index contributed by atoms with van der Waals surface area (Å²) in [5.74, 6) is -3.04. The first-order valence-corrected chi connectivity index (χ1v) is 29.5. The van der Waals surface area contributed by atoms with Gasteiger partial charge in [-0.1, -0.05) is 290 Å². The zero-order valence-electron chi connectivity index (χ0n) is 45.1. The minimum absolute atomic E-state index is 0.127. The van der Waals surface area contributed by atoms with E-state index in [1.165, 1.54) is 232 Å². The molecule has 0 saturated heterocycles. The monoisotopic (exact) mass is 949 g/mol. The minimum Gasteiger partial charge on any atom is -0.466 e. The molecule has 0 aromatic rings. The number of rotatable bonds is 54. The molecule has 0 fully saturated rings. The molecule has 396 valence electrons. The van der Waals surface area contributed by atoms with E-state index in [2.05, 4.69) is 20.8 Å². The summed E-state index contributed by atoms with van der Waals surface area (Å²) in [5.41, 5.74) is -2.13. The highest BCUT2D eigenvalue weighted by Crippen LogP contribution is 2.27. The maximum Gasteiger partial charge on any atom is 0.351 e. The average molecular weight is 950 g/mol. The van der Waals surface area contributed by atoms with Gasteiger partial charge in [0.15, 0.2) is 0 Å². The van der Waals surface area contributed by atoms with E-state index >= 15 is 0 Å². The Labute approximate surface area is 415 Å². The summed E-state index contributed by atoms with van der Waals surface area (Å²) in [6.45, 7) is 8.53. The lowest BCUT2D eigenvalue weighted by Crippen LogP contribution is -2.48. The van der Waals surface area contributed by atoms with Gasteiger partial charge in [0, 0.05) is 6.92 Å². The molecule has 0 spiro atoms. The number of esters is 4. The molecule has 0 rings (SSSR count). The number of hydrogen-bond acceptors (Lipinski definition) is 8. The van der Waals surface area contributed by atoms with Crippen molar-refractivity contribution in [1.29, 1.82) is 0 Å². The molecule has 0 aliphatic carbocycles. The summed E-state index contributed by atoms with van der Waals surface area (Å²) in [5, 5.41) is 0. The normalized spacial score (nSPS) is 11.5. The van der Waals surface area contributed by atoms with E-state index in [0.717, 1.165) is 57.8 Å². The van der Waals surface area contributed by atoms with Crippen LogP contribution in [0.15, 0.2) is 0 Å². The number of ether oxygens (including phenoxy) is 4. The van der Waals surface area contributed by atoms with E-state index in [4.69, 9.17) is 18.9 Å². The van der Waals surface area contributed by atoms with Crippen LogP contribution in [0, 0.1) is 0 Å². The van der Waals surface area contributed by atoms with Crippen molar-refractivity contribution in [3.63, 3.8) is 0 Å². The molecular formula is C59H112O8. The second kappa shape index (κ2) is 51.7. The molecule has 0 N–H and O–H groups in total. The van der Waals surface area contributed by atoms with E-state index < -0.39 is 42.3 Å². The summed E-state index contributed by atoms with van der Waals surface area (Å²) in [6, 6.07) is 0. The van der Waals surface area contributed by atoms with Crippen LogP contribution in [0.4, 0.5) is 0 Å². The quantitative estimate of drug-likeness (QED) is 0.0337. The molecule has 0 unspecified atom stereocenters. The molecule has 0 aromatic heterocycles. The van der Waals surface area contributed by atoms with Gasteiger partial charge < -0.3 is 18.9 Å². The highest BCUT2D eigenvalue weighted by atomic mass is 16.6. The highest BCUT2D eigenvalue weighted by Gasteiger charge is 2.48. The molecule has 8 nitrogen and oxygen atoms in total. The standard InChI is InChI=1S/C59H112O8/c1-5-8-11-14-17-20-23-26-29-32-35-38-41-44-47-50-64-56(61)53-59(67-55(4)60,58(63)66-52-49-46-43-40-37-34-31-28-25-22-19-16-13-10-7-3)54-57(62)65-51-48-45-42-39-36-33-30-27-24-21-18-15-12-9-6-2/h5-54H2,1-4H3. The van der Waals surface area contributed by atoms with Crippen LogP contribution in [0.5, 0.6) is 0 Å². The van der Waals surface area contributed by atoms with Gasteiger partial charge in [0.1, 0.15) is 0 Å². The van der Waals surface area contributed by atoms with Gasteiger partial charge in [0.2, 0.25) is 5.60 Å². The van der Waals surface area contributed by atoms with Gasteiger partial charge in [-0.15, -0.1) is 0 Å². The van der Waals surface area contributed by atoms with Crippen LogP contribution >= 0.6 is 0 Å². The lowest BCUT2D eigenvalue weighted by atomic mass is 9.95. The summed E-state index contributed by atoms with van der Waals surface area (Å²) >= 11 is 0. The van der Waals surface area contributed by atoms with Crippen LogP contribution in [-0.4, -0.2) is 49.3 Å².